The highest BCUT2D eigenvalue weighted by molar-refractivity contribution is 5.75. The Morgan fingerprint density at radius 1 is 0.344 bits per heavy atom. The zero-order chi connectivity index (χ0) is 47.0. The quantitative estimate of drug-likeness (QED) is 0.0447. The first-order chi connectivity index (χ1) is 31.3. The summed E-state index contributed by atoms with van der Waals surface area (Å²) in [4.78, 5) is 43.1. The molecule has 0 bridgehead atoms. The number of carbonyl (C=O) groups excluding carboxylic acids is 3. The van der Waals surface area contributed by atoms with Gasteiger partial charge in [0.15, 0.2) is 0 Å². The molecule has 0 aromatic heterocycles. The van der Waals surface area contributed by atoms with Gasteiger partial charge in [0.2, 0.25) is 5.91 Å². The summed E-state index contributed by atoms with van der Waals surface area (Å²) >= 11 is 0. The third-order valence-corrected chi connectivity index (χ3v) is 13.7. The largest absolute Gasteiger partial charge is 0.465 e. The van der Waals surface area contributed by atoms with E-state index >= 15 is 0 Å². The molecule has 0 aliphatic heterocycles. The second-order valence-electron chi connectivity index (χ2n) is 20.1. The number of ether oxygens (including phenoxy) is 2. The Bertz CT molecular complexity index is 948. The zero-order valence-corrected chi connectivity index (χ0v) is 44.1. The second-order valence-corrected chi connectivity index (χ2v) is 20.1. The minimum absolute atomic E-state index is 0.0271. The van der Waals surface area contributed by atoms with Crippen LogP contribution in [0.1, 0.15) is 291 Å². The molecule has 2 atom stereocenters. The SMILES string of the molecule is CCCCCCCCC(CCCCCC)COC(=O)CCCCCN(CCCCCC(=O)OCC(CCCCCC)CCCCCCCC)CCCC(=O)N(C)CCCCCCCC. The van der Waals surface area contributed by atoms with Gasteiger partial charge in [-0.15, -0.1) is 0 Å². The lowest BCUT2D eigenvalue weighted by molar-refractivity contribution is -0.146. The molecule has 0 aromatic rings. The van der Waals surface area contributed by atoms with E-state index in [0.717, 1.165) is 77.5 Å². The third kappa shape index (κ3) is 43.0. The van der Waals surface area contributed by atoms with Crippen molar-refractivity contribution in [3.8, 4) is 0 Å². The van der Waals surface area contributed by atoms with Crippen molar-refractivity contribution in [2.75, 3.05) is 46.4 Å². The first kappa shape index (κ1) is 62.4. The molecule has 0 saturated heterocycles. The highest BCUT2D eigenvalue weighted by Gasteiger charge is 2.15. The molecule has 64 heavy (non-hydrogen) atoms. The smallest absolute Gasteiger partial charge is 0.305 e. The summed E-state index contributed by atoms with van der Waals surface area (Å²) in [6, 6.07) is 0. The van der Waals surface area contributed by atoms with Gasteiger partial charge in [0.25, 0.3) is 0 Å². The van der Waals surface area contributed by atoms with E-state index in [9.17, 15) is 14.4 Å². The molecular formula is C57H112N2O5. The molecule has 0 radical (unpaired) electrons. The second kappa shape index (κ2) is 49.3. The first-order valence-corrected chi connectivity index (χ1v) is 28.6. The molecule has 0 heterocycles. The molecule has 0 saturated carbocycles. The van der Waals surface area contributed by atoms with Gasteiger partial charge in [0, 0.05) is 32.9 Å². The van der Waals surface area contributed by atoms with Crippen molar-refractivity contribution in [1.29, 1.82) is 0 Å². The average molecular weight is 906 g/mol. The Hall–Kier alpha value is -1.63. The van der Waals surface area contributed by atoms with Gasteiger partial charge < -0.3 is 19.3 Å². The van der Waals surface area contributed by atoms with Crippen LogP contribution in [0.4, 0.5) is 0 Å². The highest BCUT2D eigenvalue weighted by atomic mass is 16.5. The molecule has 0 rings (SSSR count). The van der Waals surface area contributed by atoms with Gasteiger partial charge in [0.05, 0.1) is 13.2 Å². The Kier molecular flexibility index (Phi) is 48.0. The predicted molar refractivity (Wildman–Crippen MR) is 276 cm³/mol. The van der Waals surface area contributed by atoms with E-state index in [4.69, 9.17) is 9.47 Å². The molecule has 2 unspecified atom stereocenters. The fourth-order valence-corrected chi connectivity index (χ4v) is 9.13. The summed E-state index contributed by atoms with van der Waals surface area (Å²) < 4.78 is 11.8. The van der Waals surface area contributed by atoms with Crippen molar-refractivity contribution < 1.29 is 23.9 Å². The van der Waals surface area contributed by atoms with E-state index in [0.29, 0.717) is 44.3 Å². The molecule has 0 aromatic carbocycles. The number of hydrogen-bond acceptors (Lipinski definition) is 6. The molecule has 0 spiro atoms. The Balaban J connectivity index is 4.89. The maximum Gasteiger partial charge on any atom is 0.305 e. The van der Waals surface area contributed by atoms with Crippen molar-refractivity contribution in [2.24, 2.45) is 11.8 Å². The van der Waals surface area contributed by atoms with E-state index in [-0.39, 0.29) is 17.8 Å². The molecule has 380 valence electrons. The summed E-state index contributed by atoms with van der Waals surface area (Å²) in [6.45, 7) is 16.2. The third-order valence-electron chi connectivity index (χ3n) is 13.7. The lowest BCUT2D eigenvalue weighted by Crippen LogP contribution is -2.31. The summed E-state index contributed by atoms with van der Waals surface area (Å²) in [5, 5.41) is 0. The van der Waals surface area contributed by atoms with Crippen LogP contribution in [-0.2, 0) is 23.9 Å². The Labute approximate surface area is 399 Å². The minimum Gasteiger partial charge on any atom is -0.465 e. The molecule has 7 heteroatoms. The maximum absolute atomic E-state index is 13.0. The molecular weight excluding hydrogens is 793 g/mol. The van der Waals surface area contributed by atoms with Crippen molar-refractivity contribution in [2.45, 2.75) is 291 Å². The summed E-state index contributed by atoms with van der Waals surface area (Å²) in [5.74, 6) is 1.22. The van der Waals surface area contributed by atoms with Crippen LogP contribution >= 0.6 is 0 Å². The lowest BCUT2D eigenvalue weighted by Gasteiger charge is -2.23. The predicted octanol–water partition coefficient (Wildman–Crippen LogP) is 16.8. The van der Waals surface area contributed by atoms with Crippen LogP contribution in [-0.4, -0.2) is 74.1 Å². The van der Waals surface area contributed by atoms with Crippen molar-refractivity contribution in [1.82, 2.24) is 9.80 Å². The maximum atomic E-state index is 13.0. The monoisotopic (exact) mass is 905 g/mol. The molecule has 7 nitrogen and oxygen atoms in total. The normalized spacial score (nSPS) is 12.5. The number of nitrogens with zero attached hydrogens (tertiary/aromatic N) is 2. The van der Waals surface area contributed by atoms with E-state index in [1.54, 1.807) is 0 Å². The van der Waals surface area contributed by atoms with Gasteiger partial charge in [-0.2, -0.15) is 0 Å². The van der Waals surface area contributed by atoms with Crippen molar-refractivity contribution >= 4 is 17.8 Å². The Morgan fingerprint density at radius 3 is 1.03 bits per heavy atom. The molecule has 0 fully saturated rings. The summed E-state index contributed by atoms with van der Waals surface area (Å²) in [6.07, 6.45) is 46.4. The number of unbranched alkanes of at least 4 members (excludes halogenated alkanes) is 25. The van der Waals surface area contributed by atoms with E-state index in [1.807, 2.05) is 11.9 Å². The van der Waals surface area contributed by atoms with E-state index < -0.39 is 0 Å². The van der Waals surface area contributed by atoms with E-state index in [2.05, 4.69) is 39.5 Å². The van der Waals surface area contributed by atoms with Crippen molar-refractivity contribution in [3.63, 3.8) is 0 Å². The number of amides is 1. The van der Waals surface area contributed by atoms with Gasteiger partial charge in [-0.25, -0.2) is 0 Å². The fraction of sp³-hybridized carbons (Fsp3) is 0.947. The van der Waals surface area contributed by atoms with E-state index in [1.165, 1.54) is 186 Å². The molecule has 0 aliphatic rings. The van der Waals surface area contributed by atoms with Gasteiger partial charge in [-0.1, -0.05) is 208 Å². The average Bonchev–Trinajstić information content (AvgIpc) is 3.29. The van der Waals surface area contributed by atoms with Crippen LogP contribution in [0.2, 0.25) is 0 Å². The number of esters is 2. The van der Waals surface area contributed by atoms with Crippen LogP contribution in [0.25, 0.3) is 0 Å². The summed E-state index contributed by atoms with van der Waals surface area (Å²) in [5.41, 5.74) is 0. The van der Waals surface area contributed by atoms with Gasteiger partial charge >= 0.3 is 11.9 Å². The number of rotatable bonds is 51. The van der Waals surface area contributed by atoms with Crippen molar-refractivity contribution in [3.05, 3.63) is 0 Å². The van der Waals surface area contributed by atoms with Crippen LogP contribution in [0, 0.1) is 11.8 Å². The number of carbonyl (C=O) groups is 3. The highest BCUT2D eigenvalue weighted by Crippen LogP contribution is 2.22. The van der Waals surface area contributed by atoms with Crippen LogP contribution in [0.15, 0.2) is 0 Å². The van der Waals surface area contributed by atoms with Gasteiger partial charge in [-0.05, 0) is 95.7 Å². The van der Waals surface area contributed by atoms with Crippen LogP contribution in [0.5, 0.6) is 0 Å². The lowest BCUT2D eigenvalue weighted by atomic mass is 9.95. The Morgan fingerprint density at radius 2 is 0.641 bits per heavy atom. The van der Waals surface area contributed by atoms with Gasteiger partial charge in [0.1, 0.15) is 0 Å². The summed E-state index contributed by atoms with van der Waals surface area (Å²) in [7, 11) is 1.97. The van der Waals surface area contributed by atoms with Crippen LogP contribution < -0.4 is 0 Å². The first-order valence-electron chi connectivity index (χ1n) is 28.6. The topological polar surface area (TPSA) is 76.1 Å². The zero-order valence-electron chi connectivity index (χ0n) is 44.1. The molecule has 0 N–H and O–H groups in total. The fourth-order valence-electron chi connectivity index (χ4n) is 9.13. The minimum atomic E-state index is -0.0271. The van der Waals surface area contributed by atoms with Crippen LogP contribution in [0.3, 0.4) is 0 Å². The molecule has 0 aliphatic carbocycles. The number of hydrogen-bond donors (Lipinski definition) is 0. The standard InChI is InChI=1S/C57H112N2O5/c1-7-12-17-22-25-32-42-53(40-30-20-15-10-4)51-63-56(61)45-34-28-37-48-59(50-39-44-55(60)58(6)47-36-27-24-19-14-9-3)49-38-29-35-46-57(62)64-52-54(41-31-21-16-11-5)43-33-26-23-18-13-8-2/h53-54H,7-52H2,1-6H3. The molecule has 1 amide bonds. The van der Waals surface area contributed by atoms with Gasteiger partial charge in [-0.3, -0.25) is 14.4 Å².